The minimum absolute atomic E-state index is 0.336. The van der Waals surface area contributed by atoms with Crippen molar-refractivity contribution in [2.75, 3.05) is 5.32 Å². The molecular weight excluding hydrogens is 256 g/mol. The summed E-state index contributed by atoms with van der Waals surface area (Å²) < 4.78 is 11.1. The molecule has 0 unspecified atom stereocenters. The van der Waals surface area contributed by atoms with Crippen LogP contribution in [0.1, 0.15) is 5.69 Å². The van der Waals surface area contributed by atoms with Gasteiger partial charge in [0.1, 0.15) is 11.0 Å². The maximum absolute atomic E-state index is 5.59. The van der Waals surface area contributed by atoms with E-state index in [9.17, 15) is 0 Å². The summed E-state index contributed by atoms with van der Waals surface area (Å²) >= 11 is 0. The van der Waals surface area contributed by atoms with E-state index in [2.05, 4.69) is 20.3 Å². The van der Waals surface area contributed by atoms with Gasteiger partial charge < -0.3 is 8.83 Å². The number of rotatable bonds is 2. The zero-order valence-electron chi connectivity index (χ0n) is 10.6. The fourth-order valence-electron chi connectivity index (χ4n) is 2.05. The van der Waals surface area contributed by atoms with E-state index in [1.54, 1.807) is 12.3 Å². The van der Waals surface area contributed by atoms with Crippen LogP contribution < -0.4 is 5.32 Å². The molecule has 3 heterocycles. The summed E-state index contributed by atoms with van der Waals surface area (Å²) in [6.45, 7) is 1.88. The van der Waals surface area contributed by atoms with Crippen LogP contribution in [0.2, 0.25) is 0 Å². The maximum atomic E-state index is 5.59. The topological polar surface area (TPSA) is 77.0 Å². The lowest BCUT2D eigenvalue weighted by Gasteiger charge is -1.91. The molecule has 0 saturated heterocycles. The van der Waals surface area contributed by atoms with Gasteiger partial charge in [0.2, 0.25) is 0 Å². The van der Waals surface area contributed by atoms with E-state index < -0.39 is 0 Å². The molecule has 0 radical (unpaired) electrons. The molecule has 0 atom stereocenters. The molecule has 0 bridgehead atoms. The molecule has 4 rings (SSSR count). The minimum atomic E-state index is 0.336. The first kappa shape index (κ1) is 11.0. The molecule has 98 valence electrons. The highest BCUT2D eigenvalue weighted by atomic mass is 16.4. The predicted molar refractivity (Wildman–Crippen MR) is 73.8 cm³/mol. The molecule has 6 heteroatoms. The number of oxazole rings is 2. The second-order valence-corrected chi connectivity index (χ2v) is 4.37. The number of nitrogens with zero attached hydrogens (tertiary/aromatic N) is 3. The number of pyridine rings is 1. The van der Waals surface area contributed by atoms with Crippen molar-refractivity contribution in [2.24, 2.45) is 0 Å². The Kier molecular flexibility index (Phi) is 2.23. The van der Waals surface area contributed by atoms with Crippen LogP contribution in [-0.4, -0.2) is 15.0 Å². The monoisotopic (exact) mass is 266 g/mol. The summed E-state index contributed by atoms with van der Waals surface area (Å²) in [7, 11) is 0. The van der Waals surface area contributed by atoms with Crippen molar-refractivity contribution in [1.29, 1.82) is 0 Å². The van der Waals surface area contributed by atoms with Crippen LogP contribution in [0.3, 0.4) is 0 Å². The Labute approximate surface area is 113 Å². The van der Waals surface area contributed by atoms with Gasteiger partial charge in [0.25, 0.3) is 0 Å². The van der Waals surface area contributed by atoms with Crippen LogP contribution in [0, 0.1) is 6.92 Å². The van der Waals surface area contributed by atoms with Crippen LogP contribution >= 0.6 is 0 Å². The van der Waals surface area contributed by atoms with Gasteiger partial charge in [-0.2, -0.15) is 9.97 Å². The molecule has 6 nitrogen and oxygen atoms in total. The summed E-state index contributed by atoms with van der Waals surface area (Å²) in [5, 5.41) is 2.93. The van der Waals surface area contributed by atoms with Crippen molar-refractivity contribution in [1.82, 2.24) is 15.0 Å². The summed E-state index contributed by atoms with van der Waals surface area (Å²) in [6.07, 6.45) is 1.69. The first-order chi connectivity index (χ1) is 9.79. The zero-order valence-corrected chi connectivity index (χ0v) is 10.6. The molecule has 3 aromatic heterocycles. The SMILES string of the molecule is Cc1nccc2oc(Nc3nc4ccccc4o3)nc12. The van der Waals surface area contributed by atoms with Crippen LogP contribution in [-0.2, 0) is 0 Å². The van der Waals surface area contributed by atoms with Gasteiger partial charge in [-0.1, -0.05) is 12.1 Å². The third-order valence-electron chi connectivity index (χ3n) is 3.00. The van der Waals surface area contributed by atoms with E-state index in [-0.39, 0.29) is 0 Å². The summed E-state index contributed by atoms with van der Waals surface area (Å²) in [5.41, 5.74) is 3.71. The van der Waals surface area contributed by atoms with Gasteiger partial charge in [0.15, 0.2) is 11.2 Å². The van der Waals surface area contributed by atoms with Gasteiger partial charge in [-0.3, -0.25) is 10.3 Å². The van der Waals surface area contributed by atoms with Crippen LogP contribution in [0.5, 0.6) is 0 Å². The highest BCUT2D eigenvalue weighted by Crippen LogP contribution is 2.25. The average Bonchev–Trinajstić information content (AvgIpc) is 3.02. The van der Waals surface area contributed by atoms with Gasteiger partial charge in [-0.25, -0.2) is 0 Å². The van der Waals surface area contributed by atoms with Gasteiger partial charge in [0.05, 0.1) is 5.69 Å². The molecule has 0 amide bonds. The quantitative estimate of drug-likeness (QED) is 0.599. The van der Waals surface area contributed by atoms with Crippen molar-refractivity contribution < 1.29 is 8.83 Å². The van der Waals surface area contributed by atoms with Crippen molar-refractivity contribution in [3.05, 3.63) is 42.2 Å². The Balaban J connectivity index is 1.74. The number of hydrogen-bond acceptors (Lipinski definition) is 6. The highest BCUT2D eigenvalue weighted by Gasteiger charge is 2.11. The zero-order chi connectivity index (χ0) is 13.5. The van der Waals surface area contributed by atoms with E-state index in [1.807, 2.05) is 31.2 Å². The molecule has 0 aliphatic carbocycles. The largest absolute Gasteiger partial charge is 0.423 e. The van der Waals surface area contributed by atoms with Gasteiger partial charge in [0, 0.05) is 12.3 Å². The first-order valence-corrected chi connectivity index (χ1v) is 6.14. The highest BCUT2D eigenvalue weighted by molar-refractivity contribution is 5.78. The number of para-hydroxylation sites is 2. The number of benzene rings is 1. The van der Waals surface area contributed by atoms with Crippen molar-refractivity contribution in [3.8, 4) is 0 Å². The van der Waals surface area contributed by atoms with Crippen LogP contribution in [0.25, 0.3) is 22.2 Å². The first-order valence-electron chi connectivity index (χ1n) is 6.14. The number of aromatic nitrogens is 3. The van der Waals surface area contributed by atoms with Crippen molar-refractivity contribution in [3.63, 3.8) is 0 Å². The van der Waals surface area contributed by atoms with E-state index >= 15 is 0 Å². The smallest absolute Gasteiger partial charge is 0.303 e. The van der Waals surface area contributed by atoms with Crippen molar-refractivity contribution >= 4 is 34.2 Å². The van der Waals surface area contributed by atoms with Crippen LogP contribution in [0.4, 0.5) is 12.0 Å². The van der Waals surface area contributed by atoms with Crippen LogP contribution in [0.15, 0.2) is 45.4 Å². The molecular formula is C14H10N4O2. The average molecular weight is 266 g/mol. The molecule has 4 aromatic rings. The van der Waals surface area contributed by atoms with E-state index in [1.165, 1.54) is 0 Å². The maximum Gasteiger partial charge on any atom is 0.303 e. The molecule has 0 aliphatic rings. The number of aryl methyl sites for hydroxylation is 1. The number of anilines is 2. The summed E-state index contributed by atoms with van der Waals surface area (Å²) in [6, 6.07) is 9.99. The Morgan fingerprint density at radius 1 is 0.950 bits per heavy atom. The van der Waals surface area contributed by atoms with Crippen molar-refractivity contribution in [2.45, 2.75) is 6.92 Å². The third kappa shape index (κ3) is 1.70. The third-order valence-corrected chi connectivity index (χ3v) is 3.00. The lowest BCUT2D eigenvalue weighted by Crippen LogP contribution is -1.89. The van der Waals surface area contributed by atoms with Gasteiger partial charge in [-0.15, -0.1) is 0 Å². The van der Waals surface area contributed by atoms with E-state index in [0.29, 0.717) is 23.2 Å². The number of hydrogen-bond donors (Lipinski definition) is 1. The molecule has 1 N–H and O–H groups in total. The van der Waals surface area contributed by atoms with E-state index in [4.69, 9.17) is 8.83 Å². The number of nitrogens with one attached hydrogen (secondary N) is 1. The lowest BCUT2D eigenvalue weighted by atomic mass is 10.3. The molecule has 0 spiro atoms. The predicted octanol–water partition coefficient (Wildman–Crippen LogP) is 3.42. The second kappa shape index (κ2) is 4.06. The Morgan fingerprint density at radius 2 is 1.75 bits per heavy atom. The normalized spacial score (nSPS) is 11.2. The summed E-state index contributed by atoms with van der Waals surface area (Å²) in [4.78, 5) is 12.8. The Bertz CT molecular complexity index is 877. The van der Waals surface area contributed by atoms with Gasteiger partial charge in [-0.05, 0) is 19.1 Å². The molecule has 1 aromatic carbocycles. The minimum Gasteiger partial charge on any atom is -0.423 e. The van der Waals surface area contributed by atoms with Gasteiger partial charge >= 0.3 is 12.0 Å². The van der Waals surface area contributed by atoms with E-state index in [0.717, 1.165) is 16.7 Å². The summed E-state index contributed by atoms with van der Waals surface area (Å²) in [5.74, 6) is 0. The molecule has 0 fully saturated rings. The fourth-order valence-corrected chi connectivity index (χ4v) is 2.05. The number of fused-ring (bicyclic) bond motifs is 2. The second-order valence-electron chi connectivity index (χ2n) is 4.37. The standard InChI is InChI=1S/C14H10N4O2/c1-8-12-11(6-7-15-8)20-14(17-12)18-13-16-9-4-2-3-5-10(9)19-13/h2-7H,1H3,(H,16,17,18). The fraction of sp³-hybridized carbons (Fsp3) is 0.0714. The Hall–Kier alpha value is -2.89. The molecule has 0 saturated carbocycles. The molecule has 20 heavy (non-hydrogen) atoms. The Morgan fingerprint density at radius 3 is 2.60 bits per heavy atom. The lowest BCUT2D eigenvalue weighted by molar-refractivity contribution is 0.591. The molecule has 0 aliphatic heterocycles.